The van der Waals surface area contributed by atoms with Crippen LogP contribution >= 0.6 is 22.9 Å². The van der Waals surface area contributed by atoms with E-state index in [9.17, 15) is 4.79 Å². The van der Waals surface area contributed by atoms with E-state index in [2.05, 4.69) is 5.32 Å². The molecule has 1 saturated carbocycles. The Morgan fingerprint density at radius 3 is 2.85 bits per heavy atom. The van der Waals surface area contributed by atoms with Crippen LogP contribution in [-0.2, 0) is 4.79 Å². The molecule has 1 fully saturated rings. The fourth-order valence-corrected chi connectivity index (χ4v) is 1.90. The minimum Gasteiger partial charge on any atom is -0.324 e. The molecular weight excluding hydrogens is 206 g/mol. The fourth-order valence-electron chi connectivity index (χ4n) is 1.07. The largest absolute Gasteiger partial charge is 0.324 e. The molecule has 0 spiro atoms. The number of rotatable bonds is 2. The highest BCUT2D eigenvalue weighted by Crippen LogP contribution is 2.46. The molecule has 0 radical (unpaired) electrons. The zero-order valence-electron chi connectivity index (χ0n) is 7.26. The summed E-state index contributed by atoms with van der Waals surface area (Å²) in [6.07, 6.45) is 1.97. The fraction of sp³-hybridized carbons (Fsp3) is 0.444. The predicted molar refractivity (Wildman–Crippen MR) is 55.3 cm³/mol. The number of thiophene rings is 1. The summed E-state index contributed by atoms with van der Waals surface area (Å²) in [5.74, 6) is 0.0906. The van der Waals surface area contributed by atoms with Crippen molar-refractivity contribution in [3.8, 4) is 0 Å². The van der Waals surface area contributed by atoms with Gasteiger partial charge < -0.3 is 5.32 Å². The molecular formula is C9H10ClNOS. The topological polar surface area (TPSA) is 29.1 Å². The standard InChI is InChI=1S/C9H10ClNOS/c1-9(3-4-9)8(12)11-6-2-5-13-7(6)10/h2,5H,3-4H2,1H3,(H,11,12). The first-order valence-corrected chi connectivity index (χ1v) is 5.42. The first-order chi connectivity index (χ1) is 6.12. The van der Waals surface area contributed by atoms with Crippen LogP contribution in [0.4, 0.5) is 5.69 Å². The molecule has 70 valence electrons. The number of carbonyl (C=O) groups is 1. The quantitative estimate of drug-likeness (QED) is 0.807. The Morgan fingerprint density at radius 1 is 1.69 bits per heavy atom. The molecule has 2 nitrogen and oxygen atoms in total. The second-order valence-corrected chi connectivity index (χ2v) is 5.14. The number of nitrogens with one attached hydrogen (secondary N) is 1. The molecule has 1 N–H and O–H groups in total. The number of anilines is 1. The SMILES string of the molecule is CC1(C(=O)Nc2ccsc2Cl)CC1. The van der Waals surface area contributed by atoms with Crippen LogP contribution in [-0.4, -0.2) is 5.91 Å². The Kier molecular flexibility index (Phi) is 2.08. The van der Waals surface area contributed by atoms with E-state index in [1.165, 1.54) is 11.3 Å². The molecule has 1 aromatic heterocycles. The molecule has 0 bridgehead atoms. The van der Waals surface area contributed by atoms with Crippen LogP contribution in [0, 0.1) is 5.41 Å². The van der Waals surface area contributed by atoms with Gasteiger partial charge in [-0.3, -0.25) is 4.79 Å². The maximum atomic E-state index is 11.6. The lowest BCUT2D eigenvalue weighted by molar-refractivity contribution is -0.120. The van der Waals surface area contributed by atoms with Crippen molar-refractivity contribution >= 4 is 34.5 Å². The zero-order chi connectivity index (χ0) is 9.47. The van der Waals surface area contributed by atoms with Crippen molar-refractivity contribution in [3.63, 3.8) is 0 Å². The summed E-state index contributed by atoms with van der Waals surface area (Å²) in [5, 5.41) is 4.70. The smallest absolute Gasteiger partial charge is 0.230 e. The first kappa shape index (κ1) is 9.03. The average Bonchev–Trinajstić information content (AvgIpc) is 2.72. The maximum Gasteiger partial charge on any atom is 0.230 e. The number of hydrogen-bond donors (Lipinski definition) is 1. The molecule has 0 unspecified atom stereocenters. The highest BCUT2D eigenvalue weighted by molar-refractivity contribution is 7.15. The summed E-state index contributed by atoms with van der Waals surface area (Å²) in [6, 6.07) is 1.83. The summed E-state index contributed by atoms with van der Waals surface area (Å²) in [7, 11) is 0. The molecule has 1 amide bonds. The Balaban J connectivity index is 2.06. The molecule has 0 aromatic carbocycles. The van der Waals surface area contributed by atoms with Gasteiger partial charge in [0.15, 0.2) is 0 Å². The lowest BCUT2D eigenvalue weighted by Gasteiger charge is -2.08. The molecule has 1 aliphatic rings. The van der Waals surface area contributed by atoms with Gasteiger partial charge in [0.1, 0.15) is 4.34 Å². The number of halogens is 1. The van der Waals surface area contributed by atoms with Gasteiger partial charge in [0.2, 0.25) is 5.91 Å². The van der Waals surface area contributed by atoms with Crippen LogP contribution in [0.1, 0.15) is 19.8 Å². The van der Waals surface area contributed by atoms with Crippen molar-refractivity contribution in [1.29, 1.82) is 0 Å². The van der Waals surface area contributed by atoms with Gasteiger partial charge in [-0.05, 0) is 24.3 Å². The average molecular weight is 216 g/mol. The molecule has 4 heteroatoms. The highest BCUT2D eigenvalue weighted by Gasteiger charge is 2.44. The van der Waals surface area contributed by atoms with Crippen molar-refractivity contribution < 1.29 is 4.79 Å². The predicted octanol–water partition coefficient (Wildman–Crippen LogP) is 3.14. The van der Waals surface area contributed by atoms with Crippen LogP contribution in [0.25, 0.3) is 0 Å². The maximum absolute atomic E-state index is 11.6. The molecule has 2 rings (SSSR count). The van der Waals surface area contributed by atoms with Gasteiger partial charge in [-0.15, -0.1) is 11.3 Å². The summed E-state index contributed by atoms with van der Waals surface area (Å²) in [6.45, 7) is 1.97. The normalized spacial score (nSPS) is 18.3. The second-order valence-electron chi connectivity index (χ2n) is 3.62. The molecule has 1 aromatic rings. The Bertz CT molecular complexity index is 343. The van der Waals surface area contributed by atoms with E-state index in [0.29, 0.717) is 4.34 Å². The summed E-state index contributed by atoms with van der Waals surface area (Å²) in [4.78, 5) is 11.6. The third-order valence-electron chi connectivity index (χ3n) is 2.41. The molecule has 0 atom stereocenters. The minimum absolute atomic E-state index is 0.0906. The van der Waals surface area contributed by atoms with E-state index < -0.39 is 0 Å². The number of hydrogen-bond acceptors (Lipinski definition) is 2. The van der Waals surface area contributed by atoms with Gasteiger partial charge in [0.05, 0.1) is 5.69 Å². The van der Waals surface area contributed by atoms with Crippen LogP contribution in [0.15, 0.2) is 11.4 Å². The Hall–Kier alpha value is -0.540. The van der Waals surface area contributed by atoms with E-state index in [1.54, 1.807) is 0 Å². The van der Waals surface area contributed by atoms with Crippen molar-refractivity contribution in [2.75, 3.05) is 5.32 Å². The van der Waals surface area contributed by atoms with Crippen LogP contribution < -0.4 is 5.32 Å². The van der Waals surface area contributed by atoms with Gasteiger partial charge in [0, 0.05) is 5.41 Å². The van der Waals surface area contributed by atoms with Gasteiger partial charge in [0.25, 0.3) is 0 Å². The second kappa shape index (κ2) is 3.00. The van der Waals surface area contributed by atoms with Gasteiger partial charge in [-0.2, -0.15) is 0 Å². The van der Waals surface area contributed by atoms with E-state index in [1.807, 2.05) is 18.4 Å². The van der Waals surface area contributed by atoms with Crippen molar-refractivity contribution in [3.05, 3.63) is 15.8 Å². The number of carbonyl (C=O) groups excluding carboxylic acids is 1. The lowest BCUT2D eigenvalue weighted by atomic mass is 10.1. The highest BCUT2D eigenvalue weighted by atomic mass is 35.5. The Labute approximate surface area is 85.9 Å². The number of amides is 1. The van der Waals surface area contributed by atoms with Gasteiger partial charge in [-0.1, -0.05) is 18.5 Å². The molecule has 0 saturated heterocycles. The van der Waals surface area contributed by atoms with Gasteiger partial charge >= 0.3 is 0 Å². The molecule has 0 aliphatic heterocycles. The summed E-state index contributed by atoms with van der Waals surface area (Å²) >= 11 is 7.29. The molecule has 1 heterocycles. The molecule has 13 heavy (non-hydrogen) atoms. The van der Waals surface area contributed by atoms with Gasteiger partial charge in [-0.25, -0.2) is 0 Å². The monoisotopic (exact) mass is 215 g/mol. The third-order valence-corrected chi connectivity index (χ3v) is 3.58. The van der Waals surface area contributed by atoms with E-state index >= 15 is 0 Å². The van der Waals surface area contributed by atoms with Crippen LogP contribution in [0.2, 0.25) is 4.34 Å². The Morgan fingerprint density at radius 2 is 2.38 bits per heavy atom. The first-order valence-electron chi connectivity index (χ1n) is 4.16. The molecule has 1 aliphatic carbocycles. The summed E-state index contributed by atoms with van der Waals surface area (Å²) < 4.78 is 0.651. The van der Waals surface area contributed by atoms with E-state index in [-0.39, 0.29) is 11.3 Å². The van der Waals surface area contributed by atoms with Crippen LogP contribution in [0.5, 0.6) is 0 Å². The summed E-state index contributed by atoms with van der Waals surface area (Å²) in [5.41, 5.74) is 0.607. The van der Waals surface area contributed by atoms with Crippen molar-refractivity contribution in [2.45, 2.75) is 19.8 Å². The van der Waals surface area contributed by atoms with E-state index in [0.717, 1.165) is 18.5 Å². The van der Waals surface area contributed by atoms with Crippen LogP contribution in [0.3, 0.4) is 0 Å². The minimum atomic E-state index is -0.134. The van der Waals surface area contributed by atoms with Crippen molar-refractivity contribution in [1.82, 2.24) is 0 Å². The zero-order valence-corrected chi connectivity index (χ0v) is 8.84. The third kappa shape index (κ3) is 1.71. The lowest BCUT2D eigenvalue weighted by Crippen LogP contribution is -2.21. The van der Waals surface area contributed by atoms with E-state index in [4.69, 9.17) is 11.6 Å². The van der Waals surface area contributed by atoms with Crippen molar-refractivity contribution in [2.24, 2.45) is 5.41 Å².